The van der Waals surface area contributed by atoms with Gasteiger partial charge in [-0.15, -0.1) is 11.8 Å². The Labute approximate surface area is 130 Å². The fourth-order valence-corrected chi connectivity index (χ4v) is 3.53. The third-order valence-electron chi connectivity index (χ3n) is 2.91. The van der Waals surface area contributed by atoms with Crippen molar-refractivity contribution in [3.05, 3.63) is 27.9 Å². The monoisotopic (exact) mass is 330 g/mol. The lowest BCUT2D eigenvalue weighted by molar-refractivity contribution is 0.0123. The van der Waals surface area contributed by atoms with Crippen molar-refractivity contribution in [2.75, 3.05) is 0 Å². The predicted octanol–water partition coefficient (Wildman–Crippen LogP) is 4.88. The van der Waals surface area contributed by atoms with E-state index in [-0.39, 0.29) is 5.60 Å². The molecule has 20 heavy (non-hydrogen) atoms. The summed E-state index contributed by atoms with van der Waals surface area (Å²) in [7, 11) is 0. The number of hydrogen-bond acceptors (Lipinski definition) is 5. The zero-order valence-corrected chi connectivity index (χ0v) is 13.3. The van der Waals surface area contributed by atoms with Gasteiger partial charge in [-0.25, -0.2) is 0 Å². The molecule has 1 aliphatic rings. The molecule has 0 bridgehead atoms. The van der Waals surface area contributed by atoms with E-state index in [9.17, 15) is 0 Å². The molecular weight excluding hydrogens is 319 g/mol. The second kappa shape index (κ2) is 5.13. The van der Waals surface area contributed by atoms with Crippen molar-refractivity contribution in [3.63, 3.8) is 0 Å². The quantitative estimate of drug-likeness (QED) is 0.787. The number of hydrogen-bond donors (Lipinski definition) is 0. The maximum absolute atomic E-state index is 6.07. The van der Waals surface area contributed by atoms with E-state index < -0.39 is 0 Å². The number of rotatable bonds is 2. The number of halogens is 2. The Morgan fingerprint density at radius 1 is 1.35 bits per heavy atom. The fraction of sp³-hybridized carbons (Fsp3) is 0.385. The van der Waals surface area contributed by atoms with Crippen LogP contribution >= 0.6 is 35.0 Å². The van der Waals surface area contributed by atoms with Gasteiger partial charge in [-0.3, -0.25) is 0 Å². The van der Waals surface area contributed by atoms with Crippen LogP contribution in [-0.4, -0.2) is 15.8 Å². The molecule has 1 aromatic heterocycles. The van der Waals surface area contributed by atoms with Crippen molar-refractivity contribution in [1.29, 1.82) is 0 Å². The van der Waals surface area contributed by atoms with Crippen molar-refractivity contribution in [2.45, 2.75) is 31.6 Å². The normalized spacial score (nSPS) is 17.3. The molecule has 7 heteroatoms. The molecule has 0 saturated heterocycles. The first-order valence-corrected chi connectivity index (χ1v) is 7.80. The van der Waals surface area contributed by atoms with Crippen LogP contribution in [0, 0.1) is 0 Å². The summed E-state index contributed by atoms with van der Waals surface area (Å²) < 4.78 is 5.27. The maximum atomic E-state index is 6.07. The van der Waals surface area contributed by atoms with Crippen LogP contribution in [0.3, 0.4) is 0 Å². The summed E-state index contributed by atoms with van der Waals surface area (Å²) in [5, 5.41) is 11.0. The molecule has 2 heterocycles. The van der Waals surface area contributed by atoms with Crippen LogP contribution in [0.1, 0.15) is 26.0 Å². The number of fused-ring (bicyclic) bond motifs is 1. The molecule has 0 radical (unpaired) electrons. The molecule has 106 valence electrons. The molecule has 0 spiro atoms. The van der Waals surface area contributed by atoms with Crippen molar-refractivity contribution >= 4 is 51.0 Å². The van der Waals surface area contributed by atoms with Crippen LogP contribution in [0.25, 0.3) is 11.0 Å². The number of benzene rings is 1. The third kappa shape index (κ3) is 2.75. The van der Waals surface area contributed by atoms with Gasteiger partial charge in [0.25, 0.3) is 0 Å². The lowest BCUT2D eigenvalue weighted by Crippen LogP contribution is -2.18. The largest absolute Gasteiger partial charge is 0.389 e. The van der Waals surface area contributed by atoms with E-state index in [0.717, 1.165) is 22.5 Å². The minimum atomic E-state index is -0.221. The highest BCUT2D eigenvalue weighted by Gasteiger charge is 2.29. The van der Waals surface area contributed by atoms with E-state index in [1.54, 1.807) is 17.8 Å². The maximum Gasteiger partial charge on any atom is 0.185 e. The molecule has 0 atom stereocenters. The Bertz CT molecular complexity index is 697. The van der Waals surface area contributed by atoms with Gasteiger partial charge in [0, 0.05) is 22.6 Å². The Hall–Kier alpha value is -0.910. The SMILES string of the molecule is CC1(C)CC(SCc2noc3c(Cl)cc(Cl)cc23)=NO1. The molecule has 2 aromatic rings. The highest BCUT2D eigenvalue weighted by molar-refractivity contribution is 8.13. The zero-order valence-electron chi connectivity index (χ0n) is 10.9. The van der Waals surface area contributed by atoms with Gasteiger partial charge in [0.2, 0.25) is 0 Å². The molecule has 4 nitrogen and oxygen atoms in total. The molecule has 0 N–H and O–H groups in total. The second-order valence-corrected chi connectivity index (χ2v) is 7.09. The smallest absolute Gasteiger partial charge is 0.185 e. The first-order valence-electron chi connectivity index (χ1n) is 6.06. The summed E-state index contributed by atoms with van der Waals surface area (Å²) in [6.07, 6.45) is 0.801. The molecular formula is C13H12Cl2N2O2S. The van der Waals surface area contributed by atoms with E-state index in [1.807, 2.05) is 19.9 Å². The van der Waals surface area contributed by atoms with Gasteiger partial charge < -0.3 is 9.36 Å². The van der Waals surface area contributed by atoms with E-state index in [0.29, 0.717) is 21.4 Å². The number of nitrogens with zero attached hydrogens (tertiary/aromatic N) is 2. The summed E-state index contributed by atoms with van der Waals surface area (Å²) >= 11 is 13.7. The molecule has 0 fully saturated rings. The van der Waals surface area contributed by atoms with Crippen LogP contribution in [0.2, 0.25) is 10.0 Å². The van der Waals surface area contributed by atoms with Crippen molar-refractivity contribution < 1.29 is 9.36 Å². The molecule has 0 aliphatic carbocycles. The van der Waals surface area contributed by atoms with Crippen LogP contribution in [-0.2, 0) is 10.6 Å². The predicted molar refractivity (Wildman–Crippen MR) is 82.5 cm³/mol. The molecule has 0 unspecified atom stereocenters. The zero-order chi connectivity index (χ0) is 14.3. The Morgan fingerprint density at radius 3 is 2.85 bits per heavy atom. The summed E-state index contributed by atoms with van der Waals surface area (Å²) in [6, 6.07) is 3.46. The van der Waals surface area contributed by atoms with Gasteiger partial charge in [0.1, 0.15) is 16.3 Å². The first-order chi connectivity index (χ1) is 9.44. The van der Waals surface area contributed by atoms with E-state index in [1.165, 1.54) is 0 Å². The Balaban J connectivity index is 1.79. The second-order valence-electron chi connectivity index (χ2n) is 5.20. The number of thioether (sulfide) groups is 1. The molecule has 0 amide bonds. The van der Waals surface area contributed by atoms with Crippen LogP contribution in [0.5, 0.6) is 0 Å². The molecule has 1 aromatic carbocycles. The van der Waals surface area contributed by atoms with Crippen molar-refractivity contribution in [2.24, 2.45) is 5.16 Å². The Morgan fingerprint density at radius 2 is 2.15 bits per heavy atom. The van der Waals surface area contributed by atoms with Gasteiger partial charge in [-0.2, -0.15) is 0 Å². The van der Waals surface area contributed by atoms with Gasteiger partial charge in [0.15, 0.2) is 5.58 Å². The first kappa shape index (κ1) is 14.0. The van der Waals surface area contributed by atoms with Crippen LogP contribution < -0.4 is 0 Å². The van der Waals surface area contributed by atoms with Gasteiger partial charge in [-0.1, -0.05) is 33.5 Å². The summed E-state index contributed by atoms with van der Waals surface area (Å²) in [4.78, 5) is 5.33. The van der Waals surface area contributed by atoms with Crippen LogP contribution in [0.15, 0.2) is 21.8 Å². The molecule has 0 saturated carbocycles. The summed E-state index contributed by atoms with van der Waals surface area (Å²) in [5.41, 5.74) is 1.15. The topological polar surface area (TPSA) is 47.6 Å². The summed E-state index contributed by atoms with van der Waals surface area (Å²) in [6.45, 7) is 4.02. The Kier molecular flexibility index (Phi) is 3.60. The standard InChI is InChI=1S/C13H12Cl2N2O2S/c1-13(2)5-11(17-19-13)20-6-10-8-3-7(14)4-9(15)12(8)18-16-10/h3-4H,5-6H2,1-2H3. The van der Waals surface area contributed by atoms with Gasteiger partial charge >= 0.3 is 0 Å². The highest BCUT2D eigenvalue weighted by Crippen LogP contribution is 2.33. The van der Waals surface area contributed by atoms with E-state index in [4.69, 9.17) is 32.6 Å². The van der Waals surface area contributed by atoms with Gasteiger partial charge in [0.05, 0.1) is 5.02 Å². The minimum Gasteiger partial charge on any atom is -0.389 e. The molecule has 1 aliphatic heterocycles. The average Bonchev–Trinajstić information content (AvgIpc) is 2.90. The van der Waals surface area contributed by atoms with Crippen molar-refractivity contribution in [1.82, 2.24) is 5.16 Å². The number of oxime groups is 1. The van der Waals surface area contributed by atoms with E-state index in [2.05, 4.69) is 10.3 Å². The molecule has 3 rings (SSSR count). The van der Waals surface area contributed by atoms with Gasteiger partial charge in [-0.05, 0) is 26.0 Å². The lowest BCUT2D eigenvalue weighted by atomic mass is 10.1. The average molecular weight is 331 g/mol. The highest BCUT2D eigenvalue weighted by atomic mass is 35.5. The van der Waals surface area contributed by atoms with E-state index >= 15 is 0 Å². The van der Waals surface area contributed by atoms with Crippen LogP contribution in [0.4, 0.5) is 0 Å². The van der Waals surface area contributed by atoms with Crippen molar-refractivity contribution in [3.8, 4) is 0 Å². The summed E-state index contributed by atoms with van der Waals surface area (Å²) in [5.74, 6) is 0.641. The minimum absolute atomic E-state index is 0.221. The number of aromatic nitrogens is 1. The fourth-order valence-electron chi connectivity index (χ4n) is 1.95. The lowest BCUT2D eigenvalue weighted by Gasteiger charge is -2.12. The third-order valence-corrected chi connectivity index (χ3v) is 4.38.